The number of hydrogen-bond donors (Lipinski definition) is 2. The van der Waals surface area contributed by atoms with Gasteiger partial charge in [0.05, 0.1) is 17.7 Å². The smallest absolute Gasteiger partial charge is 0.275 e. The molecule has 3 rings (SSSR count). The van der Waals surface area contributed by atoms with E-state index in [2.05, 4.69) is 16.0 Å². The molecule has 8 heteroatoms. The van der Waals surface area contributed by atoms with Crippen molar-refractivity contribution in [2.75, 3.05) is 6.61 Å². The Morgan fingerprint density at radius 3 is 2.39 bits per heavy atom. The maximum absolute atomic E-state index is 12.5. The average Bonchev–Trinajstić information content (AvgIpc) is 2.71. The van der Waals surface area contributed by atoms with Crippen molar-refractivity contribution >= 4 is 22.6 Å². The summed E-state index contributed by atoms with van der Waals surface area (Å²) in [5, 5.41) is 5.40. The van der Waals surface area contributed by atoms with E-state index in [0.29, 0.717) is 29.0 Å². The van der Waals surface area contributed by atoms with Gasteiger partial charge in [0.15, 0.2) is 0 Å². The van der Waals surface area contributed by atoms with Crippen LogP contribution < -0.4 is 21.1 Å². The van der Waals surface area contributed by atoms with Gasteiger partial charge in [0.2, 0.25) is 0 Å². The standard InChI is InChI=1S/C20H20N4O4/c1-3-28-15-10-8-14(9-11-15)19(26)22-21-18(25)12-24-20(27)17-7-5-4-6-16(17)13(2)23-24/h4-11H,3,12H2,1-2H3,(H,21,25)(H,22,26). The van der Waals surface area contributed by atoms with Crippen LogP contribution in [0.25, 0.3) is 10.8 Å². The molecule has 0 bridgehead atoms. The summed E-state index contributed by atoms with van der Waals surface area (Å²) in [6, 6.07) is 13.6. The van der Waals surface area contributed by atoms with Crippen molar-refractivity contribution in [3.63, 3.8) is 0 Å². The third-order valence-electron chi connectivity index (χ3n) is 4.09. The zero-order valence-corrected chi connectivity index (χ0v) is 15.6. The molecule has 144 valence electrons. The molecule has 0 aliphatic heterocycles. The van der Waals surface area contributed by atoms with Crippen LogP contribution in [0.3, 0.4) is 0 Å². The van der Waals surface area contributed by atoms with Crippen LogP contribution in [0.1, 0.15) is 23.0 Å². The van der Waals surface area contributed by atoms with Crippen molar-refractivity contribution in [2.24, 2.45) is 0 Å². The number of benzene rings is 2. The highest BCUT2D eigenvalue weighted by Crippen LogP contribution is 2.12. The summed E-state index contributed by atoms with van der Waals surface area (Å²) < 4.78 is 6.40. The molecule has 0 aliphatic carbocycles. The molecule has 2 N–H and O–H groups in total. The maximum atomic E-state index is 12.5. The summed E-state index contributed by atoms with van der Waals surface area (Å²) in [5.74, 6) is -0.393. The van der Waals surface area contributed by atoms with Gasteiger partial charge in [-0.3, -0.25) is 25.2 Å². The molecule has 0 radical (unpaired) electrons. The summed E-state index contributed by atoms with van der Waals surface area (Å²) in [6.07, 6.45) is 0. The van der Waals surface area contributed by atoms with Gasteiger partial charge in [-0.2, -0.15) is 5.10 Å². The predicted molar refractivity (Wildman–Crippen MR) is 104 cm³/mol. The normalized spacial score (nSPS) is 10.5. The minimum absolute atomic E-state index is 0.311. The minimum Gasteiger partial charge on any atom is -0.494 e. The SMILES string of the molecule is CCOc1ccc(C(=O)NNC(=O)Cn2nc(C)c3ccccc3c2=O)cc1. The molecule has 0 fully saturated rings. The predicted octanol–water partition coefficient (Wildman–Crippen LogP) is 1.56. The number of ether oxygens (including phenoxy) is 1. The van der Waals surface area contributed by atoms with Gasteiger partial charge in [-0.1, -0.05) is 18.2 Å². The lowest BCUT2D eigenvalue weighted by Gasteiger charge is -2.10. The van der Waals surface area contributed by atoms with Gasteiger partial charge >= 0.3 is 0 Å². The van der Waals surface area contributed by atoms with Gasteiger partial charge in [0, 0.05) is 10.9 Å². The van der Waals surface area contributed by atoms with E-state index >= 15 is 0 Å². The second-order valence-corrected chi connectivity index (χ2v) is 6.05. The quantitative estimate of drug-likeness (QED) is 0.654. The molecule has 28 heavy (non-hydrogen) atoms. The Labute approximate surface area is 161 Å². The molecule has 0 atom stereocenters. The fourth-order valence-corrected chi connectivity index (χ4v) is 2.76. The Kier molecular flexibility index (Phi) is 5.69. The van der Waals surface area contributed by atoms with E-state index in [1.807, 2.05) is 13.0 Å². The van der Waals surface area contributed by atoms with Crippen LogP contribution in [-0.2, 0) is 11.3 Å². The number of nitrogens with one attached hydrogen (secondary N) is 2. The van der Waals surface area contributed by atoms with E-state index in [0.717, 1.165) is 10.1 Å². The van der Waals surface area contributed by atoms with Gasteiger partial charge < -0.3 is 4.74 Å². The van der Waals surface area contributed by atoms with Gasteiger partial charge in [-0.25, -0.2) is 4.68 Å². The van der Waals surface area contributed by atoms with E-state index in [9.17, 15) is 14.4 Å². The van der Waals surface area contributed by atoms with E-state index in [4.69, 9.17) is 4.74 Å². The summed E-state index contributed by atoms with van der Waals surface area (Å²) in [6.45, 7) is 3.86. The molecule has 2 amide bonds. The van der Waals surface area contributed by atoms with Gasteiger partial charge in [0.1, 0.15) is 12.3 Å². The third kappa shape index (κ3) is 4.17. The maximum Gasteiger partial charge on any atom is 0.275 e. The second-order valence-electron chi connectivity index (χ2n) is 6.05. The summed E-state index contributed by atoms with van der Waals surface area (Å²) in [5.41, 5.74) is 5.25. The number of nitrogens with zero attached hydrogens (tertiary/aromatic N) is 2. The number of fused-ring (bicyclic) bond motifs is 1. The average molecular weight is 380 g/mol. The van der Waals surface area contributed by atoms with E-state index in [1.54, 1.807) is 49.4 Å². The van der Waals surface area contributed by atoms with E-state index in [-0.39, 0.29) is 12.1 Å². The van der Waals surface area contributed by atoms with Gasteiger partial charge in [-0.05, 0) is 44.2 Å². The lowest BCUT2D eigenvalue weighted by Crippen LogP contribution is -2.44. The first kappa shape index (κ1) is 19.1. The number of aromatic nitrogens is 2. The van der Waals surface area contributed by atoms with Crippen LogP contribution in [0, 0.1) is 6.92 Å². The number of hydrogen-bond acceptors (Lipinski definition) is 5. The largest absolute Gasteiger partial charge is 0.494 e. The molecule has 1 aromatic heterocycles. The molecule has 3 aromatic rings. The van der Waals surface area contributed by atoms with Crippen molar-refractivity contribution in [2.45, 2.75) is 20.4 Å². The fraction of sp³-hybridized carbons (Fsp3) is 0.200. The highest BCUT2D eigenvalue weighted by Gasteiger charge is 2.12. The summed E-state index contributed by atoms with van der Waals surface area (Å²) in [4.78, 5) is 36.7. The molecule has 8 nitrogen and oxygen atoms in total. The van der Waals surface area contributed by atoms with Crippen molar-refractivity contribution in [3.05, 3.63) is 70.1 Å². The molecule has 0 saturated heterocycles. The number of amides is 2. The minimum atomic E-state index is -0.566. The summed E-state index contributed by atoms with van der Waals surface area (Å²) >= 11 is 0. The highest BCUT2D eigenvalue weighted by atomic mass is 16.5. The van der Waals surface area contributed by atoms with E-state index < -0.39 is 11.8 Å². The lowest BCUT2D eigenvalue weighted by molar-refractivity contribution is -0.122. The molecule has 0 spiro atoms. The molecule has 0 saturated carbocycles. The van der Waals surface area contributed by atoms with Crippen LogP contribution in [0.2, 0.25) is 0 Å². The van der Waals surface area contributed by atoms with Gasteiger partial charge in [-0.15, -0.1) is 0 Å². The topological polar surface area (TPSA) is 102 Å². The van der Waals surface area contributed by atoms with Crippen LogP contribution in [0.5, 0.6) is 5.75 Å². The van der Waals surface area contributed by atoms with E-state index in [1.165, 1.54) is 0 Å². The Balaban J connectivity index is 1.64. The Morgan fingerprint density at radius 2 is 1.71 bits per heavy atom. The molecule has 2 aromatic carbocycles. The van der Waals surface area contributed by atoms with Crippen LogP contribution in [0.15, 0.2) is 53.3 Å². The number of hydrazine groups is 1. The third-order valence-corrected chi connectivity index (χ3v) is 4.09. The molecule has 0 unspecified atom stereocenters. The first-order valence-electron chi connectivity index (χ1n) is 8.78. The highest BCUT2D eigenvalue weighted by molar-refractivity contribution is 5.95. The number of carbonyl (C=O) groups excluding carboxylic acids is 2. The lowest BCUT2D eigenvalue weighted by atomic mass is 10.1. The first-order valence-corrected chi connectivity index (χ1v) is 8.78. The fourth-order valence-electron chi connectivity index (χ4n) is 2.76. The first-order chi connectivity index (χ1) is 13.5. The molecular formula is C20H20N4O4. The van der Waals surface area contributed by atoms with Crippen molar-refractivity contribution in [3.8, 4) is 5.75 Å². The van der Waals surface area contributed by atoms with Crippen molar-refractivity contribution in [1.82, 2.24) is 20.6 Å². The monoisotopic (exact) mass is 380 g/mol. The van der Waals surface area contributed by atoms with Gasteiger partial charge in [0.25, 0.3) is 17.4 Å². The van der Waals surface area contributed by atoms with Crippen LogP contribution in [-0.4, -0.2) is 28.2 Å². The molecule has 1 heterocycles. The van der Waals surface area contributed by atoms with Crippen LogP contribution >= 0.6 is 0 Å². The Bertz CT molecular complexity index is 1070. The number of carbonyl (C=O) groups is 2. The zero-order valence-electron chi connectivity index (χ0n) is 15.6. The number of aryl methyl sites for hydroxylation is 1. The van der Waals surface area contributed by atoms with Crippen molar-refractivity contribution in [1.29, 1.82) is 0 Å². The Morgan fingerprint density at radius 1 is 1.04 bits per heavy atom. The molecular weight excluding hydrogens is 360 g/mol. The molecule has 0 aliphatic rings. The van der Waals surface area contributed by atoms with Crippen LogP contribution in [0.4, 0.5) is 0 Å². The Hall–Kier alpha value is -3.68. The number of rotatable bonds is 5. The second kappa shape index (κ2) is 8.34. The summed E-state index contributed by atoms with van der Waals surface area (Å²) in [7, 11) is 0. The van der Waals surface area contributed by atoms with Crippen molar-refractivity contribution < 1.29 is 14.3 Å². The zero-order chi connectivity index (χ0) is 20.1.